The number of benzene rings is 2. The first kappa shape index (κ1) is 16.2. The van der Waals surface area contributed by atoms with E-state index in [1.54, 1.807) is 36.4 Å². The van der Waals surface area contributed by atoms with E-state index < -0.39 is 10.3 Å². The molecule has 1 N–H and O–H groups in total. The minimum absolute atomic E-state index is 0. The molecule has 0 aliphatic heterocycles. The Labute approximate surface area is 135 Å². The molecule has 0 aliphatic rings. The molecule has 0 bridgehead atoms. The minimum Gasteiger partial charge on any atom is -0.261 e. The second kappa shape index (κ2) is 7.67. The van der Waals surface area contributed by atoms with Gasteiger partial charge in [0, 0.05) is 29.6 Å². The topological polar surface area (TPSA) is 55.4 Å². The summed E-state index contributed by atoms with van der Waals surface area (Å²) in [6.45, 7) is 0.0169. The van der Waals surface area contributed by atoms with Gasteiger partial charge in [-0.2, -0.15) is 8.42 Å². The Morgan fingerprint density at radius 2 is 1.42 bits per heavy atom. The van der Waals surface area contributed by atoms with Crippen LogP contribution in [0, 0.1) is 0 Å². The van der Waals surface area contributed by atoms with Crippen LogP contribution >= 0.6 is 0 Å². The summed E-state index contributed by atoms with van der Waals surface area (Å²) in [5, 5.41) is 0. The monoisotopic (exact) mass is 286 g/mol. The second-order valence-electron chi connectivity index (χ2n) is 3.67. The maximum absolute atomic E-state index is 11.6. The molecule has 4 nitrogen and oxygen atoms in total. The van der Waals surface area contributed by atoms with Gasteiger partial charge >= 0.3 is 10.3 Å². The number of hydrogen-bond donors (Lipinski definition) is 1. The maximum Gasteiger partial charge on any atom is 0.360 e. The first-order chi connectivity index (χ1) is 8.66. The number of para-hydroxylation sites is 1. The van der Waals surface area contributed by atoms with Crippen molar-refractivity contribution in [3.8, 4) is 0 Å². The van der Waals surface area contributed by atoms with Gasteiger partial charge in [-0.1, -0.05) is 48.5 Å². The van der Waals surface area contributed by atoms with Gasteiger partial charge in [-0.15, -0.1) is 0 Å². The van der Waals surface area contributed by atoms with Gasteiger partial charge in [0.15, 0.2) is 0 Å². The van der Waals surface area contributed by atoms with Gasteiger partial charge < -0.3 is 0 Å². The van der Waals surface area contributed by atoms with Gasteiger partial charge in [-0.05, 0) is 17.7 Å². The van der Waals surface area contributed by atoms with E-state index in [0.29, 0.717) is 5.69 Å². The molecule has 6 heteroatoms. The SMILES string of the molecule is O=S(=O)(Nc1ccccc1)OCc1ccccc1.[Na]. The molecule has 0 aliphatic carbocycles. The van der Waals surface area contributed by atoms with Gasteiger partial charge in [0.2, 0.25) is 0 Å². The van der Waals surface area contributed by atoms with Crippen molar-refractivity contribution in [3.05, 3.63) is 66.2 Å². The molecule has 2 aromatic carbocycles. The second-order valence-corrected chi connectivity index (χ2v) is 5.02. The Morgan fingerprint density at radius 3 is 2.00 bits per heavy atom. The molecule has 0 saturated heterocycles. The van der Waals surface area contributed by atoms with Crippen LogP contribution in [-0.4, -0.2) is 38.0 Å². The van der Waals surface area contributed by atoms with E-state index in [0.717, 1.165) is 5.56 Å². The smallest absolute Gasteiger partial charge is 0.261 e. The van der Waals surface area contributed by atoms with Gasteiger partial charge in [0.1, 0.15) is 0 Å². The third-order valence-corrected chi connectivity index (χ3v) is 3.15. The average Bonchev–Trinajstić information content (AvgIpc) is 2.38. The van der Waals surface area contributed by atoms with Crippen molar-refractivity contribution in [1.82, 2.24) is 0 Å². The van der Waals surface area contributed by atoms with Crippen LogP contribution in [0.2, 0.25) is 0 Å². The summed E-state index contributed by atoms with van der Waals surface area (Å²) in [6.07, 6.45) is 0. The summed E-state index contributed by atoms with van der Waals surface area (Å²) >= 11 is 0. The van der Waals surface area contributed by atoms with E-state index in [1.165, 1.54) is 0 Å². The van der Waals surface area contributed by atoms with Gasteiger partial charge in [-0.3, -0.25) is 4.72 Å². The molecule has 19 heavy (non-hydrogen) atoms. The van der Waals surface area contributed by atoms with Crippen LogP contribution < -0.4 is 4.72 Å². The van der Waals surface area contributed by atoms with Crippen LogP contribution in [0.25, 0.3) is 0 Å². The molecule has 0 atom stereocenters. The maximum atomic E-state index is 11.6. The molecule has 2 aromatic rings. The predicted octanol–water partition coefficient (Wildman–Crippen LogP) is 2.18. The number of hydrogen-bond acceptors (Lipinski definition) is 3. The van der Waals surface area contributed by atoms with Gasteiger partial charge in [0.05, 0.1) is 12.3 Å². The Hall–Kier alpha value is -0.850. The van der Waals surface area contributed by atoms with Crippen molar-refractivity contribution < 1.29 is 12.6 Å². The normalized spacial score (nSPS) is 10.5. The molecule has 0 fully saturated rings. The largest absolute Gasteiger partial charge is 0.360 e. The molecule has 0 unspecified atom stereocenters. The van der Waals surface area contributed by atoms with Crippen LogP contribution in [0.3, 0.4) is 0 Å². The fraction of sp³-hybridized carbons (Fsp3) is 0.0769. The van der Waals surface area contributed by atoms with E-state index in [1.807, 2.05) is 24.3 Å². The van der Waals surface area contributed by atoms with Gasteiger partial charge in [-0.25, -0.2) is 4.18 Å². The van der Waals surface area contributed by atoms with E-state index in [9.17, 15) is 8.42 Å². The first-order valence-electron chi connectivity index (χ1n) is 5.42. The Balaban J connectivity index is 0.00000180. The molecule has 0 spiro atoms. The van der Waals surface area contributed by atoms with Gasteiger partial charge in [0.25, 0.3) is 0 Å². The predicted molar refractivity (Wildman–Crippen MR) is 76.0 cm³/mol. The van der Waals surface area contributed by atoms with Crippen LogP contribution in [-0.2, 0) is 21.1 Å². The van der Waals surface area contributed by atoms with Crippen molar-refractivity contribution in [2.24, 2.45) is 0 Å². The molecule has 2 rings (SSSR count). The summed E-state index contributed by atoms with van der Waals surface area (Å²) in [4.78, 5) is 0. The fourth-order valence-corrected chi connectivity index (χ4v) is 2.17. The third kappa shape index (κ3) is 5.76. The van der Waals surface area contributed by atoms with E-state index >= 15 is 0 Å². The Kier molecular flexibility index (Phi) is 6.54. The van der Waals surface area contributed by atoms with Crippen LogP contribution in [0.4, 0.5) is 5.69 Å². The number of nitrogens with one attached hydrogen (secondary N) is 1. The first-order valence-corrected chi connectivity index (χ1v) is 6.83. The quantitative estimate of drug-likeness (QED) is 0.857. The molecular formula is C13H13NNaO3S. The van der Waals surface area contributed by atoms with E-state index in [2.05, 4.69) is 4.72 Å². The van der Waals surface area contributed by atoms with Crippen molar-refractivity contribution in [1.29, 1.82) is 0 Å². The Bertz CT molecular complexity index is 588. The van der Waals surface area contributed by atoms with Crippen LogP contribution in [0.15, 0.2) is 60.7 Å². The molecule has 0 aromatic heterocycles. The van der Waals surface area contributed by atoms with Crippen LogP contribution in [0.1, 0.15) is 5.56 Å². The molecule has 0 amide bonds. The van der Waals surface area contributed by atoms with Crippen molar-refractivity contribution in [2.45, 2.75) is 6.61 Å². The molecular weight excluding hydrogens is 273 g/mol. The summed E-state index contributed by atoms with van der Waals surface area (Å²) in [5.41, 5.74) is 1.28. The third-order valence-electron chi connectivity index (χ3n) is 2.24. The standard InChI is InChI=1S/C13H13NO3S.Na/c15-18(16,14-13-9-5-2-6-10-13)17-11-12-7-3-1-4-8-12;/h1-10,14H,11H2;. The Morgan fingerprint density at radius 1 is 0.895 bits per heavy atom. The van der Waals surface area contributed by atoms with Crippen LogP contribution in [0.5, 0.6) is 0 Å². The van der Waals surface area contributed by atoms with E-state index in [4.69, 9.17) is 4.18 Å². The average molecular weight is 286 g/mol. The summed E-state index contributed by atoms with van der Waals surface area (Å²) in [6, 6.07) is 17.7. The number of anilines is 1. The zero-order valence-electron chi connectivity index (χ0n) is 10.6. The molecule has 0 heterocycles. The molecule has 0 saturated carbocycles. The molecule has 95 valence electrons. The van der Waals surface area contributed by atoms with Crippen molar-refractivity contribution >= 4 is 45.5 Å². The molecule has 1 radical (unpaired) electrons. The van der Waals surface area contributed by atoms with Crippen molar-refractivity contribution in [2.75, 3.05) is 4.72 Å². The van der Waals surface area contributed by atoms with Crippen molar-refractivity contribution in [3.63, 3.8) is 0 Å². The fourth-order valence-electron chi connectivity index (χ4n) is 1.40. The summed E-state index contributed by atoms with van der Waals surface area (Å²) in [7, 11) is -3.78. The number of rotatable bonds is 5. The summed E-state index contributed by atoms with van der Waals surface area (Å²) in [5.74, 6) is 0. The zero-order valence-corrected chi connectivity index (χ0v) is 13.4. The zero-order chi connectivity index (χ0) is 12.8. The summed E-state index contributed by atoms with van der Waals surface area (Å²) < 4.78 is 30.5. The van der Waals surface area contributed by atoms with E-state index in [-0.39, 0.29) is 36.2 Å². The minimum atomic E-state index is -3.78.